The number of hydrogen-bond acceptors (Lipinski definition) is 3. The van der Waals surface area contributed by atoms with Gasteiger partial charge in [-0.1, -0.05) is 0 Å². The van der Waals surface area contributed by atoms with Crippen molar-refractivity contribution < 1.29 is 4.79 Å². The Morgan fingerprint density at radius 2 is 2.56 bits per heavy atom. The van der Waals surface area contributed by atoms with E-state index in [1.165, 1.54) is 0 Å². The Labute approximate surface area is 53.2 Å². The summed E-state index contributed by atoms with van der Waals surface area (Å²) in [5.41, 5.74) is 0. The van der Waals surface area contributed by atoms with E-state index in [1.807, 2.05) is 11.9 Å². The van der Waals surface area contributed by atoms with Gasteiger partial charge in [-0.2, -0.15) is 0 Å². The Bertz CT molecular complexity index is 158. The van der Waals surface area contributed by atoms with E-state index in [4.69, 9.17) is 0 Å². The molecule has 0 aromatic heterocycles. The molecule has 2 aliphatic heterocycles. The quantitative estimate of drug-likeness (QED) is 0.381. The molecule has 2 heterocycles. The standard InChI is InChI=1S/C5H9N3O/c1-8-2-3(9)6-4-5(8)7-4/h4-5,7H,2H2,1H3,(H,6,9). The van der Waals surface area contributed by atoms with Gasteiger partial charge in [-0.15, -0.1) is 0 Å². The Morgan fingerprint density at radius 3 is 3.22 bits per heavy atom. The maximum Gasteiger partial charge on any atom is 0.235 e. The fourth-order valence-electron chi connectivity index (χ4n) is 1.17. The van der Waals surface area contributed by atoms with Gasteiger partial charge in [0.25, 0.3) is 0 Å². The molecule has 2 saturated heterocycles. The maximum absolute atomic E-state index is 10.7. The molecule has 0 radical (unpaired) electrons. The fraction of sp³-hybridized carbons (Fsp3) is 0.800. The van der Waals surface area contributed by atoms with Crippen molar-refractivity contribution in [2.45, 2.75) is 12.3 Å². The molecule has 2 atom stereocenters. The molecule has 9 heavy (non-hydrogen) atoms. The highest BCUT2D eigenvalue weighted by Gasteiger charge is 2.44. The van der Waals surface area contributed by atoms with Crippen LogP contribution in [0.15, 0.2) is 0 Å². The van der Waals surface area contributed by atoms with E-state index < -0.39 is 0 Å². The van der Waals surface area contributed by atoms with Crippen molar-refractivity contribution in [2.75, 3.05) is 13.6 Å². The van der Waals surface area contributed by atoms with Crippen LogP contribution in [0.4, 0.5) is 0 Å². The summed E-state index contributed by atoms with van der Waals surface area (Å²) in [6.45, 7) is 0.522. The van der Waals surface area contributed by atoms with Crippen molar-refractivity contribution in [3.05, 3.63) is 0 Å². The fourth-order valence-corrected chi connectivity index (χ4v) is 1.17. The highest BCUT2D eigenvalue weighted by Crippen LogP contribution is 2.14. The Hall–Kier alpha value is -0.610. The molecular weight excluding hydrogens is 118 g/mol. The molecule has 2 aliphatic rings. The number of nitrogens with one attached hydrogen (secondary N) is 2. The summed E-state index contributed by atoms with van der Waals surface area (Å²) in [6.07, 6.45) is 0.638. The summed E-state index contributed by atoms with van der Waals surface area (Å²) in [4.78, 5) is 12.7. The van der Waals surface area contributed by atoms with Crippen molar-refractivity contribution >= 4 is 5.91 Å². The summed E-state index contributed by atoms with van der Waals surface area (Å²) < 4.78 is 0. The minimum Gasteiger partial charge on any atom is -0.337 e. The van der Waals surface area contributed by atoms with E-state index in [0.717, 1.165) is 0 Å². The van der Waals surface area contributed by atoms with Crippen LogP contribution < -0.4 is 10.6 Å². The van der Waals surface area contributed by atoms with Crippen LogP contribution in [-0.4, -0.2) is 36.7 Å². The number of carbonyl (C=O) groups is 1. The smallest absolute Gasteiger partial charge is 0.235 e. The molecule has 0 aromatic rings. The molecule has 0 aliphatic carbocycles. The van der Waals surface area contributed by atoms with E-state index in [1.54, 1.807) is 0 Å². The van der Waals surface area contributed by atoms with Crippen LogP contribution in [0.1, 0.15) is 0 Å². The van der Waals surface area contributed by atoms with E-state index in [2.05, 4.69) is 10.6 Å². The average Bonchev–Trinajstić information content (AvgIpc) is 2.43. The SMILES string of the molecule is CN1CC(=O)NC2NC21. The lowest BCUT2D eigenvalue weighted by molar-refractivity contribution is -0.123. The third kappa shape index (κ3) is 0.710. The summed E-state index contributed by atoms with van der Waals surface area (Å²) in [5.74, 6) is 0.115. The number of nitrogens with zero attached hydrogens (tertiary/aromatic N) is 1. The Balaban J connectivity index is 2.07. The minimum absolute atomic E-state index is 0.115. The number of rotatable bonds is 0. The van der Waals surface area contributed by atoms with Gasteiger partial charge in [0.2, 0.25) is 5.91 Å². The van der Waals surface area contributed by atoms with E-state index in [9.17, 15) is 4.79 Å². The first-order valence-electron chi connectivity index (χ1n) is 3.03. The van der Waals surface area contributed by atoms with Crippen LogP contribution in [0, 0.1) is 0 Å². The van der Waals surface area contributed by atoms with Crippen LogP contribution >= 0.6 is 0 Å². The summed E-state index contributed by atoms with van der Waals surface area (Å²) in [5, 5.41) is 5.90. The average molecular weight is 127 g/mol. The van der Waals surface area contributed by atoms with Gasteiger partial charge in [-0.3, -0.25) is 15.0 Å². The van der Waals surface area contributed by atoms with E-state index >= 15 is 0 Å². The van der Waals surface area contributed by atoms with Crippen LogP contribution in [0.25, 0.3) is 0 Å². The zero-order chi connectivity index (χ0) is 6.43. The van der Waals surface area contributed by atoms with Crippen LogP contribution in [0.3, 0.4) is 0 Å². The number of fused-ring (bicyclic) bond motifs is 1. The molecule has 4 heteroatoms. The number of hydrogen-bond donors (Lipinski definition) is 2. The summed E-state index contributed by atoms with van der Waals surface area (Å²) in [7, 11) is 1.94. The Kier molecular flexibility index (Phi) is 0.841. The number of carbonyl (C=O) groups excluding carboxylic acids is 1. The predicted octanol–water partition coefficient (Wildman–Crippen LogP) is -1.70. The monoisotopic (exact) mass is 127 g/mol. The molecule has 2 N–H and O–H groups in total. The lowest BCUT2D eigenvalue weighted by Crippen LogP contribution is -2.45. The normalized spacial score (nSPS) is 41.7. The van der Waals surface area contributed by atoms with Crippen LogP contribution in [0.2, 0.25) is 0 Å². The second-order valence-corrected chi connectivity index (χ2v) is 2.57. The molecule has 2 fully saturated rings. The van der Waals surface area contributed by atoms with Gasteiger partial charge >= 0.3 is 0 Å². The van der Waals surface area contributed by atoms with Crippen molar-refractivity contribution in [3.8, 4) is 0 Å². The van der Waals surface area contributed by atoms with Gasteiger partial charge in [0, 0.05) is 0 Å². The largest absolute Gasteiger partial charge is 0.337 e. The molecule has 50 valence electrons. The summed E-state index contributed by atoms with van der Waals surface area (Å²) >= 11 is 0. The lowest BCUT2D eigenvalue weighted by atomic mass is 10.4. The van der Waals surface area contributed by atoms with Crippen molar-refractivity contribution in [1.82, 2.24) is 15.5 Å². The molecule has 1 amide bonds. The van der Waals surface area contributed by atoms with Crippen LogP contribution in [0.5, 0.6) is 0 Å². The first-order valence-corrected chi connectivity index (χ1v) is 3.03. The summed E-state index contributed by atoms with van der Waals surface area (Å²) in [6, 6.07) is 0. The highest BCUT2D eigenvalue weighted by atomic mass is 16.2. The lowest BCUT2D eigenvalue weighted by Gasteiger charge is -2.18. The van der Waals surface area contributed by atoms with Crippen LogP contribution in [-0.2, 0) is 4.79 Å². The zero-order valence-corrected chi connectivity index (χ0v) is 5.22. The van der Waals surface area contributed by atoms with Gasteiger partial charge in [0.05, 0.1) is 12.7 Å². The third-order valence-electron chi connectivity index (χ3n) is 1.74. The minimum atomic E-state index is 0.115. The number of piperazine rings is 1. The van der Waals surface area contributed by atoms with Gasteiger partial charge in [0.1, 0.15) is 6.17 Å². The topological polar surface area (TPSA) is 54.3 Å². The molecule has 4 nitrogen and oxygen atoms in total. The van der Waals surface area contributed by atoms with Crippen molar-refractivity contribution in [1.29, 1.82) is 0 Å². The first-order chi connectivity index (χ1) is 4.27. The predicted molar refractivity (Wildman–Crippen MR) is 31.5 cm³/mol. The van der Waals surface area contributed by atoms with Gasteiger partial charge in [-0.25, -0.2) is 0 Å². The van der Waals surface area contributed by atoms with E-state index in [0.29, 0.717) is 12.7 Å². The molecular formula is C5H9N3O. The number of likely N-dealkylation sites (N-methyl/N-ethyl adjacent to an activating group) is 1. The highest BCUT2D eigenvalue weighted by molar-refractivity contribution is 5.79. The van der Waals surface area contributed by atoms with Crippen molar-refractivity contribution in [2.24, 2.45) is 0 Å². The second kappa shape index (κ2) is 1.46. The number of amides is 1. The molecule has 0 bridgehead atoms. The van der Waals surface area contributed by atoms with Gasteiger partial charge in [-0.05, 0) is 7.05 Å². The maximum atomic E-state index is 10.7. The van der Waals surface area contributed by atoms with Gasteiger partial charge in [0.15, 0.2) is 0 Å². The third-order valence-corrected chi connectivity index (χ3v) is 1.74. The van der Waals surface area contributed by atoms with E-state index in [-0.39, 0.29) is 12.1 Å². The molecule has 0 aromatic carbocycles. The molecule has 0 saturated carbocycles. The van der Waals surface area contributed by atoms with Crippen molar-refractivity contribution in [3.63, 3.8) is 0 Å². The second-order valence-electron chi connectivity index (χ2n) is 2.57. The Morgan fingerprint density at radius 1 is 1.78 bits per heavy atom. The molecule has 0 spiro atoms. The molecule has 2 unspecified atom stereocenters. The molecule has 2 rings (SSSR count). The van der Waals surface area contributed by atoms with Gasteiger partial charge < -0.3 is 5.32 Å². The first kappa shape index (κ1) is 5.20. The zero-order valence-electron chi connectivity index (χ0n) is 5.22.